The molecule has 1 N–H and O–H groups in total. The largest absolute Gasteiger partial charge is 0.488 e. The molecule has 2 heterocycles. The lowest BCUT2D eigenvalue weighted by Gasteiger charge is -2.14. The van der Waals surface area contributed by atoms with Crippen molar-refractivity contribution >= 4 is 17.4 Å². The van der Waals surface area contributed by atoms with Crippen LogP contribution in [0, 0.1) is 6.92 Å². The Morgan fingerprint density at radius 2 is 1.70 bits per heavy atom. The standard InChI is InChI=1S/C21H20N2O2.C4H4S/c1-3-9-18-20(15(2)22-23-21(18)24)17-12-7-8-13-19(17)25-14-16-10-5-4-6-11-16;1-2-4-5-3-1/h3-13H,14H2,1-2H3,(H,23,24);1-4H/b9-3+;. The average Bonchev–Trinajstić information content (AvgIpc) is 3.37. The zero-order chi connectivity index (χ0) is 21.2. The zero-order valence-electron chi connectivity index (χ0n) is 17.0. The lowest BCUT2D eigenvalue weighted by atomic mass is 9.98. The molecule has 30 heavy (non-hydrogen) atoms. The van der Waals surface area contributed by atoms with Gasteiger partial charge in [-0.3, -0.25) is 4.79 Å². The molecule has 0 aliphatic rings. The molecule has 0 spiro atoms. The zero-order valence-corrected chi connectivity index (χ0v) is 17.9. The number of nitrogens with one attached hydrogen (secondary N) is 1. The van der Waals surface area contributed by atoms with Gasteiger partial charge in [0.25, 0.3) is 5.56 Å². The molecular weight excluding hydrogens is 392 g/mol. The second-order valence-electron chi connectivity index (χ2n) is 6.49. The molecule has 0 unspecified atom stereocenters. The topological polar surface area (TPSA) is 55.0 Å². The molecule has 4 rings (SSSR count). The van der Waals surface area contributed by atoms with Crippen molar-refractivity contribution in [2.24, 2.45) is 0 Å². The van der Waals surface area contributed by atoms with Crippen molar-refractivity contribution in [2.75, 3.05) is 0 Å². The first-order chi connectivity index (χ1) is 14.7. The van der Waals surface area contributed by atoms with Gasteiger partial charge in [0, 0.05) is 11.1 Å². The molecule has 2 aromatic heterocycles. The van der Waals surface area contributed by atoms with Crippen LogP contribution in [-0.4, -0.2) is 10.2 Å². The highest BCUT2D eigenvalue weighted by molar-refractivity contribution is 7.07. The van der Waals surface area contributed by atoms with Gasteiger partial charge in [0.05, 0.1) is 11.3 Å². The monoisotopic (exact) mass is 416 g/mol. The fourth-order valence-corrected chi connectivity index (χ4v) is 3.44. The molecule has 2 aromatic carbocycles. The smallest absolute Gasteiger partial charge is 0.272 e. The number of nitrogens with zero attached hydrogens (tertiary/aromatic N) is 1. The maximum atomic E-state index is 12.2. The molecule has 0 bridgehead atoms. The number of H-pyrrole nitrogens is 1. The summed E-state index contributed by atoms with van der Waals surface area (Å²) in [6.07, 6.45) is 3.65. The summed E-state index contributed by atoms with van der Waals surface area (Å²) < 4.78 is 6.04. The third-order valence-electron chi connectivity index (χ3n) is 4.35. The summed E-state index contributed by atoms with van der Waals surface area (Å²) in [6, 6.07) is 21.8. The fourth-order valence-electron chi connectivity index (χ4n) is 2.99. The van der Waals surface area contributed by atoms with E-state index in [0.717, 1.165) is 28.1 Å². The Bertz CT molecular complexity index is 1120. The van der Waals surface area contributed by atoms with E-state index in [4.69, 9.17) is 4.74 Å². The van der Waals surface area contributed by atoms with Crippen molar-refractivity contribution in [1.82, 2.24) is 10.2 Å². The number of aromatic amines is 1. The van der Waals surface area contributed by atoms with Gasteiger partial charge in [-0.15, -0.1) is 0 Å². The van der Waals surface area contributed by atoms with E-state index in [0.29, 0.717) is 12.2 Å². The molecule has 4 nitrogen and oxygen atoms in total. The number of hydrogen-bond acceptors (Lipinski definition) is 4. The molecular formula is C25H24N2O2S. The summed E-state index contributed by atoms with van der Waals surface area (Å²) in [5.41, 5.74) is 3.88. The van der Waals surface area contributed by atoms with E-state index < -0.39 is 0 Å². The highest BCUT2D eigenvalue weighted by Gasteiger charge is 2.15. The molecule has 0 amide bonds. The maximum Gasteiger partial charge on any atom is 0.272 e. The summed E-state index contributed by atoms with van der Waals surface area (Å²) in [5.74, 6) is 0.729. The van der Waals surface area contributed by atoms with E-state index in [9.17, 15) is 4.79 Å². The molecule has 4 aromatic rings. The van der Waals surface area contributed by atoms with Gasteiger partial charge in [0.1, 0.15) is 12.4 Å². The highest BCUT2D eigenvalue weighted by atomic mass is 32.1. The molecule has 152 valence electrons. The van der Waals surface area contributed by atoms with Crippen LogP contribution in [0.4, 0.5) is 0 Å². The van der Waals surface area contributed by atoms with Gasteiger partial charge in [-0.2, -0.15) is 16.4 Å². The van der Waals surface area contributed by atoms with Gasteiger partial charge in [0.2, 0.25) is 0 Å². The van der Waals surface area contributed by atoms with E-state index in [1.165, 1.54) is 0 Å². The number of hydrogen-bond donors (Lipinski definition) is 1. The Labute approximate surface area is 180 Å². The molecule has 0 aliphatic heterocycles. The molecule has 0 atom stereocenters. The van der Waals surface area contributed by atoms with E-state index in [2.05, 4.69) is 10.2 Å². The summed E-state index contributed by atoms with van der Waals surface area (Å²) in [6.45, 7) is 4.23. The van der Waals surface area contributed by atoms with Gasteiger partial charge < -0.3 is 4.74 Å². The number of benzene rings is 2. The number of aromatic nitrogens is 2. The van der Waals surface area contributed by atoms with Crippen molar-refractivity contribution in [3.63, 3.8) is 0 Å². The van der Waals surface area contributed by atoms with Crippen LogP contribution in [0.2, 0.25) is 0 Å². The average molecular weight is 417 g/mol. The van der Waals surface area contributed by atoms with Gasteiger partial charge in [-0.05, 0) is 36.2 Å². The molecule has 0 aliphatic carbocycles. The lowest BCUT2D eigenvalue weighted by Crippen LogP contribution is -2.14. The molecule has 0 saturated heterocycles. The number of thiophene rings is 1. The van der Waals surface area contributed by atoms with E-state index in [1.807, 2.05) is 97.4 Å². The van der Waals surface area contributed by atoms with Gasteiger partial charge in [0.15, 0.2) is 0 Å². The minimum atomic E-state index is -0.212. The molecule has 0 saturated carbocycles. The predicted octanol–water partition coefficient (Wildman–Crippen LogP) is 6.11. The SMILES string of the molecule is C/C=C/c1c(-c2ccccc2OCc2ccccc2)c(C)n[nH]c1=O.c1ccsc1. The Morgan fingerprint density at radius 1 is 1.00 bits per heavy atom. The van der Waals surface area contributed by atoms with E-state index in [1.54, 1.807) is 17.4 Å². The van der Waals surface area contributed by atoms with Crippen LogP contribution in [0.25, 0.3) is 17.2 Å². The van der Waals surface area contributed by atoms with Crippen molar-refractivity contribution in [3.05, 3.63) is 111 Å². The third kappa shape index (κ3) is 5.55. The normalized spacial score (nSPS) is 10.5. The van der Waals surface area contributed by atoms with Crippen molar-refractivity contribution < 1.29 is 4.74 Å². The number of para-hydroxylation sites is 1. The first-order valence-electron chi connectivity index (χ1n) is 9.66. The second-order valence-corrected chi connectivity index (χ2v) is 7.31. The number of aryl methyl sites for hydroxylation is 1. The lowest BCUT2D eigenvalue weighted by molar-refractivity contribution is 0.307. The van der Waals surface area contributed by atoms with Crippen LogP contribution >= 0.6 is 11.3 Å². The Morgan fingerprint density at radius 3 is 2.37 bits per heavy atom. The highest BCUT2D eigenvalue weighted by Crippen LogP contribution is 2.33. The maximum absolute atomic E-state index is 12.2. The fraction of sp³-hybridized carbons (Fsp3) is 0.120. The first kappa shape index (κ1) is 21.3. The van der Waals surface area contributed by atoms with Gasteiger partial charge in [-0.25, -0.2) is 5.10 Å². The third-order valence-corrected chi connectivity index (χ3v) is 4.98. The second kappa shape index (κ2) is 10.9. The summed E-state index contributed by atoms with van der Waals surface area (Å²) in [5, 5.41) is 10.8. The number of allylic oxidation sites excluding steroid dienone is 1. The van der Waals surface area contributed by atoms with Crippen molar-refractivity contribution in [2.45, 2.75) is 20.5 Å². The van der Waals surface area contributed by atoms with Crippen LogP contribution in [0.3, 0.4) is 0 Å². The van der Waals surface area contributed by atoms with Crippen LogP contribution in [0.15, 0.2) is 88.4 Å². The Kier molecular flexibility index (Phi) is 7.75. The van der Waals surface area contributed by atoms with Crippen LogP contribution < -0.4 is 10.3 Å². The Balaban J connectivity index is 0.000000448. The quantitative estimate of drug-likeness (QED) is 0.427. The predicted molar refractivity (Wildman–Crippen MR) is 125 cm³/mol. The summed E-state index contributed by atoms with van der Waals surface area (Å²) in [4.78, 5) is 12.2. The summed E-state index contributed by atoms with van der Waals surface area (Å²) >= 11 is 1.71. The molecule has 5 heteroatoms. The van der Waals surface area contributed by atoms with Crippen molar-refractivity contribution in [1.29, 1.82) is 0 Å². The van der Waals surface area contributed by atoms with Gasteiger partial charge in [-0.1, -0.05) is 72.8 Å². The minimum absolute atomic E-state index is 0.212. The minimum Gasteiger partial charge on any atom is -0.488 e. The van der Waals surface area contributed by atoms with Crippen LogP contribution in [0.5, 0.6) is 5.75 Å². The first-order valence-corrected chi connectivity index (χ1v) is 10.6. The van der Waals surface area contributed by atoms with E-state index in [-0.39, 0.29) is 5.56 Å². The molecule has 0 radical (unpaired) electrons. The Hall–Kier alpha value is -3.44. The molecule has 0 fully saturated rings. The summed E-state index contributed by atoms with van der Waals surface area (Å²) in [7, 11) is 0. The van der Waals surface area contributed by atoms with Crippen LogP contribution in [-0.2, 0) is 6.61 Å². The van der Waals surface area contributed by atoms with E-state index >= 15 is 0 Å². The van der Waals surface area contributed by atoms with Crippen molar-refractivity contribution in [3.8, 4) is 16.9 Å². The number of rotatable bonds is 5. The van der Waals surface area contributed by atoms with Gasteiger partial charge >= 0.3 is 0 Å². The van der Waals surface area contributed by atoms with Crippen LogP contribution in [0.1, 0.15) is 23.7 Å². The number of ether oxygens (including phenoxy) is 1.